The van der Waals surface area contributed by atoms with Crippen LogP contribution in [0, 0.1) is 0 Å². The summed E-state index contributed by atoms with van der Waals surface area (Å²) in [5.74, 6) is 0.341. The van der Waals surface area contributed by atoms with Gasteiger partial charge in [-0.2, -0.15) is 0 Å². The Bertz CT molecular complexity index is 468. The zero-order valence-corrected chi connectivity index (χ0v) is 7.07. The second-order valence-electron chi connectivity index (χ2n) is 2.89. The van der Waals surface area contributed by atoms with Crippen molar-refractivity contribution in [3.63, 3.8) is 0 Å². The van der Waals surface area contributed by atoms with Gasteiger partial charge in [-0.1, -0.05) is 0 Å². The number of hydrogen-bond acceptors (Lipinski definition) is 3. The number of furan rings is 1. The average molecular weight is 176 g/mol. The van der Waals surface area contributed by atoms with Gasteiger partial charge in [0.05, 0.1) is 0 Å². The molecule has 3 heteroatoms. The summed E-state index contributed by atoms with van der Waals surface area (Å²) in [6.45, 7) is 1.44. The Kier molecular flexibility index (Phi) is 1.59. The van der Waals surface area contributed by atoms with Crippen LogP contribution in [0.3, 0.4) is 0 Å². The monoisotopic (exact) mass is 176 g/mol. The van der Waals surface area contributed by atoms with Gasteiger partial charge in [-0.25, -0.2) is 0 Å². The molecule has 0 atom stereocenters. The highest BCUT2D eigenvalue weighted by atomic mass is 16.3. The van der Waals surface area contributed by atoms with Crippen LogP contribution in [0.2, 0.25) is 0 Å². The third-order valence-electron chi connectivity index (χ3n) is 1.85. The third kappa shape index (κ3) is 1.28. The molecule has 0 aliphatic heterocycles. The lowest BCUT2D eigenvalue weighted by molar-refractivity contribution is 0.0989. The smallest absolute Gasteiger partial charge is 0.194 e. The summed E-state index contributed by atoms with van der Waals surface area (Å²) in [6, 6.07) is 6.42. The SMILES string of the molecule is CC(=O)c1cc2ccc(O)cc2o1. The summed E-state index contributed by atoms with van der Waals surface area (Å²) in [5, 5.41) is 9.96. The molecule has 66 valence electrons. The van der Waals surface area contributed by atoms with Gasteiger partial charge in [0.1, 0.15) is 11.3 Å². The van der Waals surface area contributed by atoms with Crippen molar-refractivity contribution in [2.75, 3.05) is 0 Å². The highest BCUT2D eigenvalue weighted by Gasteiger charge is 2.07. The third-order valence-corrected chi connectivity index (χ3v) is 1.85. The van der Waals surface area contributed by atoms with E-state index in [-0.39, 0.29) is 11.5 Å². The Labute approximate surface area is 74.6 Å². The lowest BCUT2D eigenvalue weighted by atomic mass is 10.2. The van der Waals surface area contributed by atoms with E-state index in [1.165, 1.54) is 13.0 Å². The van der Waals surface area contributed by atoms with Gasteiger partial charge in [-0.05, 0) is 18.2 Å². The zero-order valence-electron chi connectivity index (χ0n) is 7.07. The topological polar surface area (TPSA) is 50.4 Å². The summed E-state index contributed by atoms with van der Waals surface area (Å²) in [4.78, 5) is 10.9. The Morgan fingerprint density at radius 3 is 2.85 bits per heavy atom. The minimum absolute atomic E-state index is 0.115. The Morgan fingerprint density at radius 1 is 1.38 bits per heavy atom. The number of phenolic OH excluding ortho intramolecular Hbond substituents is 1. The lowest BCUT2D eigenvalue weighted by Gasteiger charge is -1.88. The molecule has 13 heavy (non-hydrogen) atoms. The number of Topliss-reactive ketones (excluding diaryl/α,β-unsaturated/α-hetero) is 1. The molecule has 2 aromatic rings. The zero-order chi connectivity index (χ0) is 9.42. The van der Waals surface area contributed by atoms with Crippen molar-refractivity contribution in [2.45, 2.75) is 6.92 Å². The second kappa shape index (κ2) is 2.62. The number of carbonyl (C=O) groups excluding carboxylic acids is 1. The van der Waals surface area contributed by atoms with Crippen LogP contribution in [0.15, 0.2) is 28.7 Å². The second-order valence-corrected chi connectivity index (χ2v) is 2.89. The van der Waals surface area contributed by atoms with Crippen LogP contribution >= 0.6 is 0 Å². The van der Waals surface area contributed by atoms with E-state index in [4.69, 9.17) is 9.52 Å². The molecule has 1 N–H and O–H groups in total. The number of phenols is 1. The minimum atomic E-state index is -0.115. The number of fused-ring (bicyclic) bond motifs is 1. The van der Waals surface area contributed by atoms with E-state index in [0.29, 0.717) is 11.3 Å². The Hall–Kier alpha value is -1.77. The van der Waals surface area contributed by atoms with E-state index in [2.05, 4.69) is 0 Å². The Balaban J connectivity index is 2.68. The lowest BCUT2D eigenvalue weighted by Crippen LogP contribution is -1.85. The van der Waals surface area contributed by atoms with Crippen molar-refractivity contribution in [3.05, 3.63) is 30.0 Å². The first-order chi connectivity index (χ1) is 6.16. The molecule has 2 rings (SSSR count). The molecular formula is C10H8O3. The van der Waals surface area contributed by atoms with Crippen LogP contribution in [0.1, 0.15) is 17.5 Å². The van der Waals surface area contributed by atoms with Crippen molar-refractivity contribution < 1.29 is 14.3 Å². The van der Waals surface area contributed by atoms with Crippen LogP contribution < -0.4 is 0 Å². The first-order valence-corrected chi connectivity index (χ1v) is 3.90. The maximum atomic E-state index is 10.9. The quantitative estimate of drug-likeness (QED) is 0.678. The maximum absolute atomic E-state index is 10.9. The normalized spacial score (nSPS) is 10.5. The van der Waals surface area contributed by atoms with Gasteiger partial charge in [0.2, 0.25) is 0 Å². The molecule has 0 aliphatic carbocycles. The molecule has 0 saturated heterocycles. The predicted molar refractivity (Wildman–Crippen MR) is 47.9 cm³/mol. The fraction of sp³-hybridized carbons (Fsp3) is 0.100. The van der Waals surface area contributed by atoms with Crippen LogP contribution in [0.5, 0.6) is 5.75 Å². The number of benzene rings is 1. The molecule has 1 aromatic carbocycles. The first-order valence-electron chi connectivity index (χ1n) is 3.90. The van der Waals surface area contributed by atoms with Crippen LogP contribution in [-0.2, 0) is 0 Å². The maximum Gasteiger partial charge on any atom is 0.194 e. The van der Waals surface area contributed by atoms with Crippen LogP contribution in [0.25, 0.3) is 11.0 Å². The summed E-state index contributed by atoms with van der Waals surface area (Å²) >= 11 is 0. The minimum Gasteiger partial charge on any atom is -0.508 e. The molecule has 0 spiro atoms. The molecule has 1 heterocycles. The standard InChI is InChI=1S/C10H8O3/c1-6(11)9-4-7-2-3-8(12)5-10(7)13-9/h2-5,12H,1H3. The first kappa shape index (κ1) is 7.86. The molecule has 0 amide bonds. The fourth-order valence-electron chi connectivity index (χ4n) is 1.19. The van der Waals surface area contributed by atoms with Crippen molar-refractivity contribution >= 4 is 16.8 Å². The van der Waals surface area contributed by atoms with E-state index in [1.807, 2.05) is 0 Å². The predicted octanol–water partition coefficient (Wildman–Crippen LogP) is 2.34. The van der Waals surface area contributed by atoms with Crippen molar-refractivity contribution in [1.82, 2.24) is 0 Å². The molecule has 0 bridgehead atoms. The number of carbonyl (C=O) groups is 1. The number of hydrogen-bond donors (Lipinski definition) is 1. The molecule has 3 nitrogen and oxygen atoms in total. The summed E-state index contributed by atoms with van der Waals surface area (Å²) in [6.07, 6.45) is 0. The molecular weight excluding hydrogens is 168 g/mol. The molecule has 0 radical (unpaired) electrons. The summed E-state index contributed by atoms with van der Waals surface area (Å²) in [7, 11) is 0. The van der Waals surface area contributed by atoms with Gasteiger partial charge in [-0.3, -0.25) is 4.79 Å². The van der Waals surface area contributed by atoms with Gasteiger partial charge < -0.3 is 9.52 Å². The highest BCUT2D eigenvalue weighted by molar-refractivity contribution is 5.96. The van der Waals surface area contributed by atoms with Crippen molar-refractivity contribution in [1.29, 1.82) is 0 Å². The number of ketones is 1. The van der Waals surface area contributed by atoms with E-state index in [9.17, 15) is 4.79 Å². The van der Waals surface area contributed by atoms with Gasteiger partial charge in [0.25, 0.3) is 0 Å². The van der Waals surface area contributed by atoms with E-state index in [1.54, 1.807) is 18.2 Å². The van der Waals surface area contributed by atoms with Crippen molar-refractivity contribution in [2.24, 2.45) is 0 Å². The Morgan fingerprint density at radius 2 is 2.15 bits per heavy atom. The number of rotatable bonds is 1. The molecule has 1 aromatic heterocycles. The van der Waals surface area contributed by atoms with Gasteiger partial charge in [0, 0.05) is 18.4 Å². The molecule has 0 saturated carbocycles. The largest absolute Gasteiger partial charge is 0.508 e. The van der Waals surface area contributed by atoms with E-state index in [0.717, 1.165) is 5.39 Å². The van der Waals surface area contributed by atoms with E-state index >= 15 is 0 Å². The number of aromatic hydroxyl groups is 1. The van der Waals surface area contributed by atoms with Crippen molar-refractivity contribution in [3.8, 4) is 5.75 Å². The highest BCUT2D eigenvalue weighted by Crippen LogP contribution is 2.23. The van der Waals surface area contributed by atoms with E-state index < -0.39 is 0 Å². The molecule has 0 fully saturated rings. The molecule has 0 aliphatic rings. The van der Waals surface area contributed by atoms with Gasteiger partial charge in [-0.15, -0.1) is 0 Å². The van der Waals surface area contributed by atoms with Gasteiger partial charge in [0.15, 0.2) is 11.5 Å². The van der Waals surface area contributed by atoms with Crippen LogP contribution in [0.4, 0.5) is 0 Å². The fourth-order valence-corrected chi connectivity index (χ4v) is 1.19. The molecule has 0 unspecified atom stereocenters. The van der Waals surface area contributed by atoms with Crippen LogP contribution in [-0.4, -0.2) is 10.9 Å². The average Bonchev–Trinajstić information content (AvgIpc) is 2.46. The van der Waals surface area contributed by atoms with Gasteiger partial charge >= 0.3 is 0 Å². The summed E-state index contributed by atoms with van der Waals surface area (Å²) < 4.78 is 5.20. The summed E-state index contributed by atoms with van der Waals surface area (Å²) in [5.41, 5.74) is 0.533.